The Bertz CT molecular complexity index is 1580. The van der Waals surface area contributed by atoms with Crippen molar-refractivity contribution in [3.63, 3.8) is 0 Å². The highest BCUT2D eigenvalue weighted by atomic mass is 16.7. The summed E-state index contributed by atoms with van der Waals surface area (Å²) in [5, 5.41) is 57.2. The molecule has 11 nitrogen and oxygen atoms in total. The van der Waals surface area contributed by atoms with Gasteiger partial charge in [0.15, 0.2) is 12.4 Å². The summed E-state index contributed by atoms with van der Waals surface area (Å²) in [7, 11) is 0. The molecule has 0 aromatic rings. The summed E-state index contributed by atoms with van der Waals surface area (Å²) in [6.45, 7) is 5.78. The Hall–Kier alpha value is -2.64. The highest BCUT2D eigenvalue weighted by molar-refractivity contribution is 5.80. The minimum Gasteiger partial charge on any atom is -0.454 e. The number of allylic oxidation sites excluding steroid dienone is 9. The van der Waals surface area contributed by atoms with E-state index < -0.39 is 67.4 Å². The van der Waals surface area contributed by atoms with Crippen LogP contribution in [0.25, 0.3) is 0 Å². The first kappa shape index (κ1) is 78.4. The first-order chi connectivity index (χ1) is 40.7. The molecule has 1 saturated heterocycles. The molecule has 6 N–H and O–H groups in total. The van der Waals surface area contributed by atoms with Gasteiger partial charge in [0.25, 0.3) is 0 Å². The van der Waals surface area contributed by atoms with Crippen molar-refractivity contribution >= 4 is 11.9 Å². The molecule has 0 aromatic heterocycles. The van der Waals surface area contributed by atoms with Crippen LogP contribution in [0, 0.1) is 0 Å². The average molecular weight is 1170 g/mol. The number of rotatable bonds is 60. The standard InChI is InChI=1S/C72H131NO10/c1-4-7-10-13-16-19-22-25-27-29-30-31-32-33-34-35-37-38-41-44-47-50-53-56-59-65(76)71(80)73-63(64(75)58-55-52-49-46-43-40-24-21-18-15-12-9-6-3)62-81-72-70(69(79)68(78)66(61-74)82-72)83-67(77)60-57-54-51-48-45-42-39-36-28-26-23-20-17-14-11-8-5-2/h17,20,25-28,39,42,55,58,63-66,68-70,72,74-76,78-79H,4-16,18-19,21-24,29-38,40-41,43-54,56-57,59-62H2,1-3H3,(H,73,80)/b20-17-,27-25+,28-26-,42-39-,58-55+. The molecule has 1 aliphatic rings. The highest BCUT2D eigenvalue weighted by Gasteiger charge is 2.47. The molecule has 11 heteroatoms. The number of hydrogen-bond acceptors (Lipinski definition) is 10. The van der Waals surface area contributed by atoms with Crippen LogP contribution in [0.1, 0.15) is 323 Å². The van der Waals surface area contributed by atoms with Crippen LogP contribution in [-0.2, 0) is 23.8 Å². The number of ether oxygens (including phenoxy) is 3. The normalized spacial score (nSPS) is 18.9. The molecule has 8 unspecified atom stereocenters. The van der Waals surface area contributed by atoms with Crippen LogP contribution in [0.4, 0.5) is 0 Å². The van der Waals surface area contributed by atoms with E-state index in [0.29, 0.717) is 19.3 Å². The summed E-state index contributed by atoms with van der Waals surface area (Å²) in [6, 6.07) is -1.03. The first-order valence-corrected chi connectivity index (χ1v) is 35.1. The van der Waals surface area contributed by atoms with Gasteiger partial charge in [0.2, 0.25) is 5.91 Å². The molecule has 0 spiro atoms. The highest BCUT2D eigenvalue weighted by Crippen LogP contribution is 2.26. The van der Waals surface area contributed by atoms with Crippen LogP contribution in [-0.4, -0.2) is 99.6 Å². The zero-order valence-electron chi connectivity index (χ0n) is 53.8. The van der Waals surface area contributed by atoms with Gasteiger partial charge >= 0.3 is 5.97 Å². The molecule has 1 aliphatic heterocycles. The molecule has 8 atom stereocenters. The lowest BCUT2D eigenvalue weighted by Crippen LogP contribution is -2.61. The topological polar surface area (TPSA) is 175 Å². The van der Waals surface area contributed by atoms with Crippen LogP contribution in [0.2, 0.25) is 0 Å². The third-order valence-electron chi connectivity index (χ3n) is 16.4. The quantitative estimate of drug-likeness (QED) is 0.0195. The second-order valence-corrected chi connectivity index (χ2v) is 24.3. The van der Waals surface area contributed by atoms with Crippen molar-refractivity contribution in [2.45, 2.75) is 372 Å². The Morgan fingerprint density at radius 1 is 0.470 bits per heavy atom. The number of nitrogens with one attached hydrogen (secondary N) is 1. The van der Waals surface area contributed by atoms with Gasteiger partial charge in [0, 0.05) is 6.42 Å². The van der Waals surface area contributed by atoms with Crippen LogP contribution >= 0.6 is 0 Å². The van der Waals surface area contributed by atoms with E-state index >= 15 is 0 Å². The molecule has 1 rings (SSSR count). The van der Waals surface area contributed by atoms with Crippen molar-refractivity contribution in [2.24, 2.45) is 0 Å². The van der Waals surface area contributed by atoms with Crippen molar-refractivity contribution in [1.82, 2.24) is 5.32 Å². The molecule has 1 amide bonds. The van der Waals surface area contributed by atoms with Crippen LogP contribution in [0.5, 0.6) is 0 Å². The Morgan fingerprint density at radius 2 is 0.831 bits per heavy atom. The maximum atomic E-state index is 13.5. The van der Waals surface area contributed by atoms with Gasteiger partial charge in [-0.15, -0.1) is 0 Å². The van der Waals surface area contributed by atoms with E-state index in [9.17, 15) is 35.1 Å². The molecule has 0 aromatic carbocycles. The van der Waals surface area contributed by atoms with Gasteiger partial charge in [-0.2, -0.15) is 0 Å². The van der Waals surface area contributed by atoms with Gasteiger partial charge in [0.1, 0.15) is 24.4 Å². The first-order valence-electron chi connectivity index (χ1n) is 35.1. The van der Waals surface area contributed by atoms with Gasteiger partial charge in [-0.05, 0) is 89.9 Å². The smallest absolute Gasteiger partial charge is 0.306 e. The van der Waals surface area contributed by atoms with Crippen molar-refractivity contribution < 1.29 is 49.3 Å². The molecule has 1 fully saturated rings. The maximum absolute atomic E-state index is 13.5. The van der Waals surface area contributed by atoms with Crippen molar-refractivity contribution in [3.05, 3.63) is 60.8 Å². The van der Waals surface area contributed by atoms with Gasteiger partial charge < -0.3 is 45.1 Å². The molecule has 484 valence electrons. The van der Waals surface area contributed by atoms with Crippen molar-refractivity contribution in [2.75, 3.05) is 13.2 Å². The molecule has 0 aliphatic carbocycles. The fourth-order valence-electron chi connectivity index (χ4n) is 10.8. The Kier molecular flexibility index (Phi) is 56.4. The lowest BCUT2D eigenvalue weighted by atomic mass is 9.99. The van der Waals surface area contributed by atoms with E-state index in [1.807, 2.05) is 6.08 Å². The number of aliphatic hydroxyl groups is 5. The van der Waals surface area contributed by atoms with Crippen LogP contribution < -0.4 is 5.32 Å². The molecule has 1 heterocycles. The summed E-state index contributed by atoms with van der Waals surface area (Å²) in [5.74, 6) is -1.21. The van der Waals surface area contributed by atoms with Gasteiger partial charge in [-0.3, -0.25) is 9.59 Å². The zero-order valence-corrected chi connectivity index (χ0v) is 53.8. The van der Waals surface area contributed by atoms with E-state index in [1.54, 1.807) is 6.08 Å². The summed E-state index contributed by atoms with van der Waals surface area (Å²) < 4.78 is 17.7. The number of amides is 1. The van der Waals surface area contributed by atoms with Crippen molar-refractivity contribution in [3.8, 4) is 0 Å². The van der Waals surface area contributed by atoms with E-state index in [-0.39, 0.29) is 13.0 Å². The number of unbranched alkanes of at least 4 members (excludes halogenated alkanes) is 38. The lowest BCUT2D eigenvalue weighted by molar-refractivity contribution is -0.305. The number of carbonyl (C=O) groups excluding carboxylic acids is 2. The summed E-state index contributed by atoms with van der Waals surface area (Å²) in [4.78, 5) is 26.6. The number of hydrogen-bond donors (Lipinski definition) is 6. The van der Waals surface area contributed by atoms with Crippen LogP contribution in [0.3, 0.4) is 0 Å². The zero-order chi connectivity index (χ0) is 60.3. The SMILES string of the molecule is CCCCC/C=C\C/C=C\C/C=C\CCCCCCC(=O)OC1C(OCC(NC(=O)C(O)CCCCCCCCCCCCCCCC/C=C/CCCCCCCC)C(O)/C=C/CCCCCCCCCCCCC)OC(CO)C(O)C1O. The van der Waals surface area contributed by atoms with Crippen LogP contribution in [0.15, 0.2) is 60.8 Å². The summed E-state index contributed by atoms with van der Waals surface area (Å²) >= 11 is 0. The summed E-state index contributed by atoms with van der Waals surface area (Å²) in [5.41, 5.74) is 0. The Labute approximate surface area is 509 Å². The second-order valence-electron chi connectivity index (χ2n) is 24.3. The molecule has 0 saturated carbocycles. The summed E-state index contributed by atoms with van der Waals surface area (Å²) in [6.07, 6.45) is 65.5. The lowest BCUT2D eigenvalue weighted by Gasteiger charge is -2.41. The average Bonchev–Trinajstić information content (AvgIpc) is 3.58. The molecule has 0 radical (unpaired) electrons. The van der Waals surface area contributed by atoms with Gasteiger partial charge in [-0.1, -0.05) is 287 Å². The monoisotopic (exact) mass is 1170 g/mol. The largest absolute Gasteiger partial charge is 0.454 e. The van der Waals surface area contributed by atoms with Gasteiger partial charge in [-0.25, -0.2) is 0 Å². The van der Waals surface area contributed by atoms with Crippen molar-refractivity contribution in [1.29, 1.82) is 0 Å². The molecular formula is C72H131NO10. The molecular weight excluding hydrogens is 1040 g/mol. The second kappa shape index (κ2) is 59.7. The third kappa shape index (κ3) is 47.2. The minimum atomic E-state index is -1.62. The number of esters is 1. The molecule has 83 heavy (non-hydrogen) atoms. The fourth-order valence-corrected chi connectivity index (χ4v) is 10.8. The Morgan fingerprint density at radius 3 is 1.28 bits per heavy atom. The van der Waals surface area contributed by atoms with E-state index in [0.717, 1.165) is 83.5 Å². The Balaban J connectivity index is 2.60. The van der Waals surface area contributed by atoms with E-state index in [4.69, 9.17) is 14.2 Å². The predicted molar refractivity (Wildman–Crippen MR) is 347 cm³/mol. The maximum Gasteiger partial charge on any atom is 0.306 e. The molecule has 0 bridgehead atoms. The number of aliphatic hydroxyl groups excluding tert-OH is 5. The number of carbonyl (C=O) groups is 2. The van der Waals surface area contributed by atoms with E-state index in [1.165, 1.54) is 193 Å². The third-order valence-corrected chi connectivity index (χ3v) is 16.4. The van der Waals surface area contributed by atoms with E-state index in [2.05, 4.69) is 74.7 Å². The minimum absolute atomic E-state index is 0.0980. The predicted octanol–water partition coefficient (Wildman–Crippen LogP) is 17.7. The van der Waals surface area contributed by atoms with Gasteiger partial charge in [0.05, 0.1) is 25.4 Å². The fraction of sp³-hybridized carbons (Fsp3) is 0.833.